The van der Waals surface area contributed by atoms with Gasteiger partial charge in [-0.1, -0.05) is 0 Å². The average molecular weight is 482 g/mol. The lowest BCUT2D eigenvalue weighted by Gasteiger charge is -2.27. The van der Waals surface area contributed by atoms with Crippen LogP contribution in [0.3, 0.4) is 0 Å². The molecule has 2 N–H and O–H groups in total. The van der Waals surface area contributed by atoms with Crippen LogP contribution in [0.4, 0.5) is 21.8 Å². The molecule has 180 valence electrons. The molecule has 4 aromatic heterocycles. The molecule has 1 saturated carbocycles. The second-order valence-corrected chi connectivity index (χ2v) is 8.51. The molecule has 12 heteroatoms. The lowest BCUT2D eigenvalue weighted by atomic mass is 10.1. The molecule has 2 fully saturated rings. The summed E-state index contributed by atoms with van der Waals surface area (Å²) >= 11 is 0. The minimum Gasteiger partial charge on any atom is -0.436 e. The Kier molecular flexibility index (Phi) is 4.57. The maximum absolute atomic E-state index is 12.9. The Balaban J connectivity index is 1.40. The van der Waals surface area contributed by atoms with Crippen molar-refractivity contribution in [1.29, 1.82) is 0 Å². The van der Waals surface area contributed by atoms with Crippen molar-refractivity contribution in [2.24, 2.45) is 11.8 Å². The van der Waals surface area contributed by atoms with Gasteiger partial charge in [-0.2, -0.15) is 0 Å². The maximum Gasteiger partial charge on any atom is 0.229 e. The van der Waals surface area contributed by atoms with E-state index in [4.69, 9.17) is 13.3 Å². The van der Waals surface area contributed by atoms with Gasteiger partial charge < -0.3 is 24.7 Å². The number of oxazole rings is 1. The highest BCUT2D eigenvalue weighted by atomic mass is 19.1. The first-order valence-corrected chi connectivity index (χ1v) is 11.2. The molecule has 1 saturated heterocycles. The summed E-state index contributed by atoms with van der Waals surface area (Å²) in [4.78, 5) is 27.9. The molecule has 1 amide bonds. The number of halogens is 1. The summed E-state index contributed by atoms with van der Waals surface area (Å²) in [7, 11) is 0. The number of nitrogens with zero attached hydrogens (tertiary/aromatic N) is 6. The third kappa shape index (κ3) is 3.99. The molecule has 2 atom stereocenters. The molecule has 0 aromatic carbocycles. The van der Waals surface area contributed by atoms with E-state index in [0.717, 1.165) is 5.82 Å². The normalized spacial score (nSPS) is 21.4. The number of amides is 1. The molecule has 1 aliphatic carbocycles. The number of carbonyl (C=O) groups is 1. The number of fused-ring (bicyclic) bond motifs is 2. The summed E-state index contributed by atoms with van der Waals surface area (Å²) in [5, 5.41) is 13.6. The van der Waals surface area contributed by atoms with E-state index in [1.165, 1.54) is 6.20 Å². The number of alkyl halides is 1. The van der Waals surface area contributed by atoms with Crippen molar-refractivity contribution in [3.05, 3.63) is 24.5 Å². The zero-order valence-electron chi connectivity index (χ0n) is 21.5. The number of rotatable bonds is 6. The van der Waals surface area contributed by atoms with Gasteiger partial charge in [-0.05, 0) is 18.4 Å². The van der Waals surface area contributed by atoms with Crippen LogP contribution in [0.15, 0.2) is 28.9 Å². The molecule has 11 nitrogen and oxygen atoms in total. The SMILES string of the molecule is [2H]C([2H])([2H])Nc1ncc(-c2nc3cnc(N4CCOCC4)cc3o2)c2cc(NC(=O)[C@@H]3C[C@@H]3CF)nnc12. The summed E-state index contributed by atoms with van der Waals surface area (Å²) in [6.45, 7) is -0.419. The highest BCUT2D eigenvalue weighted by Crippen LogP contribution is 2.40. The van der Waals surface area contributed by atoms with Crippen LogP contribution in [-0.4, -0.2) is 71.0 Å². The lowest BCUT2D eigenvalue weighted by Crippen LogP contribution is -2.36. The number of anilines is 3. The number of nitrogens with one attached hydrogen (secondary N) is 2. The highest BCUT2D eigenvalue weighted by Gasteiger charge is 2.43. The molecule has 6 rings (SSSR count). The van der Waals surface area contributed by atoms with Crippen LogP contribution < -0.4 is 15.5 Å². The molecule has 0 radical (unpaired) electrons. The molecule has 0 bridgehead atoms. The number of pyridine rings is 2. The van der Waals surface area contributed by atoms with Crippen molar-refractivity contribution < 1.29 is 22.5 Å². The van der Waals surface area contributed by atoms with Crippen molar-refractivity contribution in [2.75, 3.05) is 55.5 Å². The summed E-state index contributed by atoms with van der Waals surface area (Å²) in [6.07, 6.45) is 3.52. The summed E-state index contributed by atoms with van der Waals surface area (Å²) in [6, 6.07) is 3.35. The second kappa shape index (κ2) is 8.69. The topological polar surface area (TPSA) is 131 Å². The van der Waals surface area contributed by atoms with Gasteiger partial charge in [0, 0.05) is 47.7 Å². The highest BCUT2D eigenvalue weighted by molar-refractivity contribution is 6.01. The molecular formula is C23H23FN8O3. The fourth-order valence-electron chi connectivity index (χ4n) is 4.21. The van der Waals surface area contributed by atoms with Crippen LogP contribution in [0.25, 0.3) is 33.5 Å². The van der Waals surface area contributed by atoms with Gasteiger partial charge in [-0.25, -0.2) is 15.0 Å². The Labute approximate surface area is 203 Å². The fourth-order valence-corrected chi connectivity index (χ4v) is 4.21. The van der Waals surface area contributed by atoms with E-state index in [9.17, 15) is 9.18 Å². The fraction of sp³-hybridized carbons (Fsp3) is 0.391. The van der Waals surface area contributed by atoms with Crippen molar-refractivity contribution in [3.8, 4) is 11.5 Å². The number of carbonyl (C=O) groups excluding carboxylic acids is 1. The zero-order valence-corrected chi connectivity index (χ0v) is 18.5. The average Bonchev–Trinajstić information content (AvgIpc) is 3.58. The van der Waals surface area contributed by atoms with E-state index in [0.29, 0.717) is 54.8 Å². The Bertz CT molecular complexity index is 1530. The molecule has 1 aliphatic heterocycles. The Morgan fingerprint density at radius 1 is 1.26 bits per heavy atom. The third-order valence-corrected chi connectivity index (χ3v) is 6.28. The van der Waals surface area contributed by atoms with Crippen molar-refractivity contribution in [1.82, 2.24) is 25.1 Å². The first-order valence-electron chi connectivity index (χ1n) is 12.7. The smallest absolute Gasteiger partial charge is 0.229 e. The number of hydrogen-bond donors (Lipinski definition) is 2. The van der Waals surface area contributed by atoms with Gasteiger partial charge in [0.1, 0.15) is 16.9 Å². The molecule has 35 heavy (non-hydrogen) atoms. The van der Waals surface area contributed by atoms with Crippen LogP contribution in [0.5, 0.6) is 0 Å². The summed E-state index contributed by atoms with van der Waals surface area (Å²) in [5.41, 5.74) is 1.60. The minimum absolute atomic E-state index is 0.0128. The van der Waals surface area contributed by atoms with Gasteiger partial charge in [0.15, 0.2) is 17.2 Å². The molecule has 4 aromatic rings. The van der Waals surface area contributed by atoms with Crippen LogP contribution in [0.2, 0.25) is 0 Å². The van der Waals surface area contributed by atoms with Crippen LogP contribution in [-0.2, 0) is 9.53 Å². The molecular weight excluding hydrogens is 455 g/mol. The van der Waals surface area contributed by atoms with E-state index >= 15 is 0 Å². The van der Waals surface area contributed by atoms with Gasteiger partial charge in [0.25, 0.3) is 0 Å². The van der Waals surface area contributed by atoms with Crippen molar-refractivity contribution in [3.63, 3.8) is 0 Å². The molecule has 2 aliphatic rings. The van der Waals surface area contributed by atoms with Crippen molar-refractivity contribution in [2.45, 2.75) is 6.42 Å². The first-order chi connectivity index (χ1) is 18.3. The number of ether oxygens (including phenoxy) is 1. The largest absolute Gasteiger partial charge is 0.436 e. The van der Waals surface area contributed by atoms with E-state index < -0.39 is 19.6 Å². The first kappa shape index (κ1) is 18.4. The Morgan fingerprint density at radius 2 is 2.14 bits per heavy atom. The van der Waals surface area contributed by atoms with Crippen LogP contribution >= 0.6 is 0 Å². The summed E-state index contributed by atoms with van der Waals surface area (Å²) < 4.78 is 47.0. The summed E-state index contributed by atoms with van der Waals surface area (Å²) in [5.74, 6) is 0.0330. The van der Waals surface area contributed by atoms with Gasteiger partial charge in [0.2, 0.25) is 11.8 Å². The number of hydrogen-bond acceptors (Lipinski definition) is 10. The molecule has 0 unspecified atom stereocenters. The lowest BCUT2D eigenvalue weighted by molar-refractivity contribution is -0.117. The van der Waals surface area contributed by atoms with Crippen LogP contribution in [0, 0.1) is 11.8 Å². The van der Waals surface area contributed by atoms with E-state index in [-0.39, 0.29) is 34.9 Å². The van der Waals surface area contributed by atoms with Gasteiger partial charge in [-0.3, -0.25) is 9.18 Å². The zero-order chi connectivity index (χ0) is 26.4. The van der Waals surface area contributed by atoms with E-state index in [1.807, 2.05) is 0 Å². The van der Waals surface area contributed by atoms with E-state index in [2.05, 4.69) is 40.7 Å². The van der Waals surface area contributed by atoms with E-state index in [1.54, 1.807) is 18.3 Å². The molecule has 5 heterocycles. The van der Waals surface area contributed by atoms with Crippen molar-refractivity contribution >= 4 is 45.4 Å². The standard InChI is InChI=1S/C23H23FN8O3/c1-25-21-20-14(7-18(30-31-20)29-22(33)13-6-12(13)9-24)15(10-27-21)23-28-16-11-26-19(8-17(16)35-23)32-2-4-34-5-3-32/h7-8,10-13H,2-6,9H2,1H3,(H,25,27)(H,29,30,33)/t12-,13-/m1/s1/i1D3. The third-order valence-electron chi connectivity index (χ3n) is 6.28. The monoisotopic (exact) mass is 481 g/mol. The Hall–Kier alpha value is -3.93. The predicted molar refractivity (Wildman–Crippen MR) is 127 cm³/mol. The van der Waals surface area contributed by atoms with Gasteiger partial charge >= 0.3 is 0 Å². The quantitative estimate of drug-likeness (QED) is 0.424. The maximum atomic E-state index is 12.9. The predicted octanol–water partition coefficient (Wildman–Crippen LogP) is 2.65. The number of morpholine rings is 1. The molecule has 0 spiro atoms. The Morgan fingerprint density at radius 3 is 2.94 bits per heavy atom. The number of aromatic nitrogens is 5. The van der Waals surface area contributed by atoms with Gasteiger partial charge in [0.05, 0.1) is 31.6 Å². The second-order valence-electron chi connectivity index (χ2n) is 8.51. The van der Waals surface area contributed by atoms with Crippen LogP contribution in [0.1, 0.15) is 10.5 Å². The minimum atomic E-state index is -2.53. The van der Waals surface area contributed by atoms with Gasteiger partial charge in [-0.15, -0.1) is 10.2 Å².